The molecule has 1 amide bonds. The summed E-state index contributed by atoms with van der Waals surface area (Å²) >= 11 is 0. The molecule has 1 saturated heterocycles. The topological polar surface area (TPSA) is 44.4 Å². The molecule has 0 saturated carbocycles. The highest BCUT2D eigenvalue weighted by atomic mass is 16.2. The lowest BCUT2D eigenvalue weighted by atomic mass is 10.0. The minimum Gasteiger partial charge on any atom is -0.325 e. The van der Waals surface area contributed by atoms with Crippen LogP contribution in [0.3, 0.4) is 0 Å². The normalized spacial score (nSPS) is 20.1. The van der Waals surface area contributed by atoms with Crippen molar-refractivity contribution in [3.05, 3.63) is 29.8 Å². The summed E-state index contributed by atoms with van der Waals surface area (Å²) in [5.74, 6) is 0.582. The second-order valence-corrected chi connectivity index (χ2v) is 5.92. The molecule has 2 N–H and O–H groups in total. The maximum absolute atomic E-state index is 12.0. The molecule has 1 fully saturated rings. The van der Waals surface area contributed by atoms with E-state index in [0.29, 0.717) is 18.5 Å². The minimum absolute atomic E-state index is 0.0661. The number of carbonyl (C=O) groups is 1. The number of anilines is 1. The zero-order chi connectivity index (χ0) is 14.5. The summed E-state index contributed by atoms with van der Waals surface area (Å²) in [6.07, 6.45) is 0. The van der Waals surface area contributed by atoms with Gasteiger partial charge in [-0.1, -0.05) is 26.0 Å². The molecule has 1 aliphatic heterocycles. The van der Waals surface area contributed by atoms with Crippen molar-refractivity contribution in [3.8, 4) is 0 Å². The monoisotopic (exact) mass is 275 g/mol. The second kappa shape index (κ2) is 6.86. The standard InChI is InChI=1S/C16H25N3O/c1-12(2)14-4-6-15(7-5-14)18-16(20)11-19-9-8-17-13(3)10-19/h4-7,12-13,17H,8-11H2,1-3H3,(H,18,20)/t13-/m1/s1. The van der Waals surface area contributed by atoms with Gasteiger partial charge in [-0.05, 0) is 30.5 Å². The van der Waals surface area contributed by atoms with E-state index < -0.39 is 0 Å². The van der Waals surface area contributed by atoms with Crippen LogP contribution in [0.15, 0.2) is 24.3 Å². The first-order valence-electron chi connectivity index (χ1n) is 7.40. The summed E-state index contributed by atoms with van der Waals surface area (Å²) < 4.78 is 0. The van der Waals surface area contributed by atoms with Crippen molar-refractivity contribution in [3.63, 3.8) is 0 Å². The Hall–Kier alpha value is -1.39. The number of amides is 1. The number of nitrogens with zero attached hydrogens (tertiary/aromatic N) is 1. The first-order valence-corrected chi connectivity index (χ1v) is 7.40. The molecule has 110 valence electrons. The van der Waals surface area contributed by atoms with Crippen LogP contribution in [0.5, 0.6) is 0 Å². The lowest BCUT2D eigenvalue weighted by Crippen LogP contribution is -2.51. The highest BCUT2D eigenvalue weighted by Crippen LogP contribution is 2.17. The predicted octanol–water partition coefficient (Wildman–Crippen LogP) is 2.04. The molecule has 1 aliphatic rings. The van der Waals surface area contributed by atoms with Gasteiger partial charge in [0, 0.05) is 31.4 Å². The number of rotatable bonds is 4. The number of carbonyl (C=O) groups excluding carboxylic acids is 1. The summed E-state index contributed by atoms with van der Waals surface area (Å²) in [7, 11) is 0. The first-order chi connectivity index (χ1) is 9.54. The van der Waals surface area contributed by atoms with Gasteiger partial charge in [0.05, 0.1) is 6.54 Å². The average Bonchev–Trinajstić information content (AvgIpc) is 2.39. The zero-order valence-corrected chi connectivity index (χ0v) is 12.6. The van der Waals surface area contributed by atoms with E-state index in [-0.39, 0.29) is 5.91 Å². The summed E-state index contributed by atoms with van der Waals surface area (Å²) in [6.45, 7) is 9.77. The second-order valence-electron chi connectivity index (χ2n) is 5.92. The molecule has 2 rings (SSSR count). The maximum Gasteiger partial charge on any atom is 0.238 e. The van der Waals surface area contributed by atoms with Crippen molar-refractivity contribution in [2.45, 2.75) is 32.7 Å². The van der Waals surface area contributed by atoms with Crippen LogP contribution in [0.2, 0.25) is 0 Å². The summed E-state index contributed by atoms with van der Waals surface area (Å²) in [4.78, 5) is 14.2. The van der Waals surface area contributed by atoms with E-state index in [1.165, 1.54) is 5.56 Å². The van der Waals surface area contributed by atoms with Crippen molar-refractivity contribution < 1.29 is 4.79 Å². The number of piperazine rings is 1. The Morgan fingerprint density at radius 2 is 2.10 bits per heavy atom. The van der Waals surface area contributed by atoms with Crippen LogP contribution in [0, 0.1) is 0 Å². The Morgan fingerprint density at radius 3 is 2.70 bits per heavy atom. The van der Waals surface area contributed by atoms with E-state index in [0.717, 1.165) is 25.3 Å². The summed E-state index contributed by atoms with van der Waals surface area (Å²) in [5, 5.41) is 6.35. The molecule has 0 spiro atoms. The molecular formula is C16H25N3O. The van der Waals surface area contributed by atoms with E-state index in [9.17, 15) is 4.79 Å². The number of nitrogens with one attached hydrogen (secondary N) is 2. The Bertz CT molecular complexity index is 442. The van der Waals surface area contributed by atoms with E-state index in [1.807, 2.05) is 12.1 Å². The van der Waals surface area contributed by atoms with Crippen molar-refractivity contribution >= 4 is 11.6 Å². The van der Waals surface area contributed by atoms with Crippen LogP contribution in [0.1, 0.15) is 32.3 Å². The number of hydrogen-bond donors (Lipinski definition) is 2. The summed E-state index contributed by atoms with van der Waals surface area (Å²) in [5.41, 5.74) is 2.17. The lowest BCUT2D eigenvalue weighted by Gasteiger charge is -2.31. The Balaban J connectivity index is 1.84. The SMILES string of the molecule is CC(C)c1ccc(NC(=O)CN2CCN[C@H](C)C2)cc1. The van der Waals surface area contributed by atoms with Gasteiger partial charge in [-0.25, -0.2) is 0 Å². The third-order valence-corrected chi connectivity index (χ3v) is 3.68. The van der Waals surface area contributed by atoms with Crippen LogP contribution in [-0.4, -0.2) is 43.0 Å². The molecule has 4 nitrogen and oxygen atoms in total. The third-order valence-electron chi connectivity index (χ3n) is 3.68. The smallest absolute Gasteiger partial charge is 0.238 e. The predicted molar refractivity (Wildman–Crippen MR) is 83.1 cm³/mol. The van der Waals surface area contributed by atoms with Crippen LogP contribution in [-0.2, 0) is 4.79 Å². The van der Waals surface area contributed by atoms with Gasteiger partial charge in [-0.3, -0.25) is 9.69 Å². The van der Waals surface area contributed by atoms with E-state index >= 15 is 0 Å². The Morgan fingerprint density at radius 1 is 1.40 bits per heavy atom. The first kappa shape index (κ1) is 15.0. The molecule has 0 aromatic heterocycles. The Kier molecular flexibility index (Phi) is 5.15. The van der Waals surface area contributed by atoms with Gasteiger partial charge >= 0.3 is 0 Å². The fourth-order valence-electron chi connectivity index (χ4n) is 2.51. The van der Waals surface area contributed by atoms with Crippen LogP contribution in [0.4, 0.5) is 5.69 Å². The van der Waals surface area contributed by atoms with Gasteiger partial charge in [0.2, 0.25) is 5.91 Å². The Labute approximate surface area is 121 Å². The van der Waals surface area contributed by atoms with E-state index in [4.69, 9.17) is 0 Å². The van der Waals surface area contributed by atoms with Crippen LogP contribution in [0.25, 0.3) is 0 Å². The average molecular weight is 275 g/mol. The molecule has 1 heterocycles. The maximum atomic E-state index is 12.0. The van der Waals surface area contributed by atoms with Crippen LogP contribution >= 0.6 is 0 Å². The van der Waals surface area contributed by atoms with Gasteiger partial charge in [-0.2, -0.15) is 0 Å². The highest BCUT2D eigenvalue weighted by molar-refractivity contribution is 5.92. The molecule has 1 aromatic carbocycles. The van der Waals surface area contributed by atoms with Gasteiger partial charge in [0.1, 0.15) is 0 Å². The van der Waals surface area contributed by atoms with Crippen molar-refractivity contribution in [2.24, 2.45) is 0 Å². The molecule has 4 heteroatoms. The quantitative estimate of drug-likeness (QED) is 0.884. The fraction of sp³-hybridized carbons (Fsp3) is 0.562. The molecular weight excluding hydrogens is 250 g/mol. The lowest BCUT2D eigenvalue weighted by molar-refractivity contribution is -0.117. The van der Waals surface area contributed by atoms with E-state index in [2.05, 4.69) is 48.4 Å². The largest absolute Gasteiger partial charge is 0.325 e. The number of hydrogen-bond acceptors (Lipinski definition) is 3. The van der Waals surface area contributed by atoms with Gasteiger partial charge in [0.15, 0.2) is 0 Å². The third kappa shape index (κ3) is 4.32. The fourth-order valence-corrected chi connectivity index (χ4v) is 2.51. The molecule has 1 atom stereocenters. The van der Waals surface area contributed by atoms with Crippen LogP contribution < -0.4 is 10.6 Å². The number of benzene rings is 1. The molecule has 20 heavy (non-hydrogen) atoms. The summed E-state index contributed by atoms with van der Waals surface area (Å²) in [6, 6.07) is 8.57. The molecule has 0 aliphatic carbocycles. The minimum atomic E-state index is 0.0661. The molecule has 0 radical (unpaired) electrons. The molecule has 0 unspecified atom stereocenters. The van der Waals surface area contributed by atoms with Crippen molar-refractivity contribution in [1.29, 1.82) is 0 Å². The molecule has 0 bridgehead atoms. The highest BCUT2D eigenvalue weighted by Gasteiger charge is 2.17. The van der Waals surface area contributed by atoms with E-state index in [1.54, 1.807) is 0 Å². The van der Waals surface area contributed by atoms with Crippen molar-refractivity contribution in [2.75, 3.05) is 31.5 Å². The van der Waals surface area contributed by atoms with Gasteiger partial charge in [0.25, 0.3) is 0 Å². The zero-order valence-electron chi connectivity index (χ0n) is 12.6. The van der Waals surface area contributed by atoms with Gasteiger partial charge in [-0.15, -0.1) is 0 Å². The van der Waals surface area contributed by atoms with Crippen molar-refractivity contribution in [1.82, 2.24) is 10.2 Å². The molecule has 1 aromatic rings. The van der Waals surface area contributed by atoms with Gasteiger partial charge < -0.3 is 10.6 Å².